The Balaban J connectivity index is 1.94. The second-order valence-corrected chi connectivity index (χ2v) is 6.98. The lowest BCUT2D eigenvalue weighted by Gasteiger charge is -2.12. The van der Waals surface area contributed by atoms with E-state index >= 15 is 0 Å². The molecule has 2 aromatic carbocycles. The number of nitrogens with zero attached hydrogens (tertiary/aromatic N) is 2. The number of halogens is 1. The molecule has 0 aliphatic carbocycles. The monoisotopic (exact) mass is 367 g/mol. The van der Waals surface area contributed by atoms with Gasteiger partial charge in [-0.15, -0.1) is 0 Å². The number of nitrogens with one attached hydrogen (secondary N) is 1. The first-order valence-corrected chi connectivity index (χ1v) is 8.56. The summed E-state index contributed by atoms with van der Waals surface area (Å²) in [6.07, 6.45) is 1.80. The van der Waals surface area contributed by atoms with Gasteiger partial charge in [0.05, 0.1) is 11.3 Å². The van der Waals surface area contributed by atoms with Crippen LogP contribution in [0.3, 0.4) is 0 Å². The molecule has 0 saturated carbocycles. The second-order valence-electron chi connectivity index (χ2n) is 6.60. The number of benzene rings is 2. The molecule has 1 amide bonds. The van der Waals surface area contributed by atoms with Crippen molar-refractivity contribution in [3.63, 3.8) is 0 Å². The lowest BCUT2D eigenvalue weighted by Crippen LogP contribution is -2.20. The van der Waals surface area contributed by atoms with Crippen LogP contribution >= 0.6 is 11.6 Å². The van der Waals surface area contributed by atoms with Gasteiger partial charge in [-0.3, -0.25) is 4.79 Å². The number of aromatic amines is 1. The summed E-state index contributed by atoms with van der Waals surface area (Å²) < 4.78 is 0. The summed E-state index contributed by atoms with van der Waals surface area (Å²) in [7, 11) is 5.67. The Kier molecular flexibility index (Phi) is 3.70. The van der Waals surface area contributed by atoms with Crippen molar-refractivity contribution in [2.24, 2.45) is 0 Å². The summed E-state index contributed by atoms with van der Waals surface area (Å²) in [6, 6.07) is 10.9. The molecule has 0 bridgehead atoms. The summed E-state index contributed by atoms with van der Waals surface area (Å²) in [5.41, 5.74) is 4.69. The van der Waals surface area contributed by atoms with E-state index < -0.39 is 0 Å². The van der Waals surface area contributed by atoms with E-state index in [2.05, 4.69) is 4.98 Å². The third-order valence-corrected chi connectivity index (χ3v) is 5.04. The minimum Gasteiger partial charge on any atom is -0.508 e. The van der Waals surface area contributed by atoms with Crippen LogP contribution in [0.25, 0.3) is 22.6 Å². The van der Waals surface area contributed by atoms with Gasteiger partial charge in [0, 0.05) is 48.9 Å². The van der Waals surface area contributed by atoms with Gasteiger partial charge in [0.25, 0.3) is 5.91 Å². The molecule has 5 nitrogen and oxygen atoms in total. The van der Waals surface area contributed by atoms with E-state index in [9.17, 15) is 9.90 Å². The minimum absolute atomic E-state index is 0.123. The third-order valence-electron chi connectivity index (χ3n) is 4.75. The fourth-order valence-corrected chi connectivity index (χ4v) is 3.57. The van der Waals surface area contributed by atoms with Crippen LogP contribution in [0, 0.1) is 0 Å². The topological polar surface area (TPSA) is 59.6 Å². The predicted molar refractivity (Wildman–Crippen MR) is 107 cm³/mol. The molecule has 26 heavy (non-hydrogen) atoms. The maximum Gasteiger partial charge on any atom is 0.258 e. The van der Waals surface area contributed by atoms with E-state index in [1.165, 1.54) is 0 Å². The van der Waals surface area contributed by atoms with Crippen molar-refractivity contribution in [2.45, 2.75) is 0 Å². The summed E-state index contributed by atoms with van der Waals surface area (Å²) in [6.45, 7) is 0. The summed E-state index contributed by atoms with van der Waals surface area (Å²) in [5, 5.41) is 11.3. The molecule has 0 atom stereocenters. The lowest BCUT2D eigenvalue weighted by atomic mass is 10.0. The molecule has 4 rings (SSSR count). The van der Waals surface area contributed by atoms with Crippen molar-refractivity contribution in [1.82, 2.24) is 4.98 Å². The van der Waals surface area contributed by atoms with E-state index in [0.717, 1.165) is 27.8 Å². The number of amides is 1. The number of anilines is 2. The number of carbonyl (C=O) groups excluding carboxylic acids is 1. The van der Waals surface area contributed by atoms with Gasteiger partial charge < -0.3 is 19.9 Å². The first kappa shape index (κ1) is 16.5. The van der Waals surface area contributed by atoms with E-state index in [0.29, 0.717) is 16.3 Å². The highest BCUT2D eigenvalue weighted by Crippen LogP contribution is 2.40. The molecule has 132 valence electrons. The molecular formula is C20H18ClN3O2. The number of rotatable bonds is 2. The van der Waals surface area contributed by atoms with Gasteiger partial charge in [-0.25, -0.2) is 0 Å². The standard InChI is InChI=1S/C20H18ClN3O2/c1-23(2)11-4-6-17-13(8-11)15(19(21)22-17)10-16-14-9-12(25)5-7-18(14)24(3)20(16)26/h4-10,22,25H,1-3H3/b16-10+. The van der Waals surface area contributed by atoms with Crippen LogP contribution in [0.4, 0.5) is 11.4 Å². The Morgan fingerprint density at radius 3 is 2.69 bits per heavy atom. The minimum atomic E-state index is -0.125. The molecule has 1 aromatic heterocycles. The van der Waals surface area contributed by atoms with Crippen LogP contribution < -0.4 is 9.80 Å². The van der Waals surface area contributed by atoms with Gasteiger partial charge in [0.2, 0.25) is 0 Å². The molecule has 0 radical (unpaired) electrons. The Bertz CT molecular complexity index is 1080. The van der Waals surface area contributed by atoms with Crippen molar-refractivity contribution < 1.29 is 9.90 Å². The molecule has 3 aromatic rings. The summed E-state index contributed by atoms with van der Waals surface area (Å²) in [4.78, 5) is 19.5. The van der Waals surface area contributed by atoms with Crippen molar-refractivity contribution in [2.75, 3.05) is 30.9 Å². The van der Waals surface area contributed by atoms with Gasteiger partial charge in [0.15, 0.2) is 0 Å². The van der Waals surface area contributed by atoms with Crippen LogP contribution in [0.15, 0.2) is 36.4 Å². The number of hydrogen-bond donors (Lipinski definition) is 2. The Labute approximate surface area is 156 Å². The Morgan fingerprint density at radius 2 is 1.96 bits per heavy atom. The Hall–Kier alpha value is -2.92. The van der Waals surface area contributed by atoms with Gasteiger partial charge in [-0.05, 0) is 42.5 Å². The van der Waals surface area contributed by atoms with E-state index in [1.807, 2.05) is 37.2 Å². The fourth-order valence-electron chi connectivity index (χ4n) is 3.31. The number of carbonyl (C=O) groups is 1. The number of H-pyrrole nitrogens is 1. The summed E-state index contributed by atoms with van der Waals surface area (Å²) >= 11 is 6.43. The number of aromatic hydroxyl groups is 1. The third kappa shape index (κ3) is 2.44. The van der Waals surface area contributed by atoms with Crippen molar-refractivity contribution in [1.29, 1.82) is 0 Å². The number of hydrogen-bond acceptors (Lipinski definition) is 3. The maximum atomic E-state index is 12.7. The number of phenolic OH excluding ortho intramolecular Hbond substituents is 1. The smallest absolute Gasteiger partial charge is 0.258 e. The fraction of sp³-hybridized carbons (Fsp3) is 0.150. The van der Waals surface area contributed by atoms with E-state index in [4.69, 9.17) is 11.6 Å². The average molecular weight is 368 g/mol. The molecule has 6 heteroatoms. The normalized spacial score (nSPS) is 15.2. The predicted octanol–water partition coefficient (Wildman–Crippen LogP) is 4.11. The quantitative estimate of drug-likeness (QED) is 0.670. The largest absolute Gasteiger partial charge is 0.508 e. The number of fused-ring (bicyclic) bond motifs is 2. The van der Waals surface area contributed by atoms with E-state index in [1.54, 1.807) is 36.2 Å². The molecule has 2 heterocycles. The first-order valence-electron chi connectivity index (χ1n) is 8.18. The lowest BCUT2D eigenvalue weighted by molar-refractivity contribution is -0.112. The number of phenols is 1. The first-order chi connectivity index (χ1) is 12.4. The van der Waals surface area contributed by atoms with Gasteiger partial charge >= 0.3 is 0 Å². The molecule has 1 aliphatic rings. The van der Waals surface area contributed by atoms with Crippen LogP contribution in [-0.4, -0.2) is 37.1 Å². The van der Waals surface area contributed by atoms with Crippen LogP contribution in [0.1, 0.15) is 11.1 Å². The number of aromatic nitrogens is 1. The SMILES string of the molecule is CN(C)c1ccc2[nH]c(Cl)c(/C=C3/C(=O)N(C)c4ccc(O)cc43)c2c1. The molecule has 0 spiro atoms. The molecule has 0 unspecified atom stereocenters. The highest BCUT2D eigenvalue weighted by Gasteiger charge is 2.30. The zero-order valence-corrected chi connectivity index (χ0v) is 15.4. The maximum absolute atomic E-state index is 12.7. The molecular weight excluding hydrogens is 350 g/mol. The van der Waals surface area contributed by atoms with Crippen molar-refractivity contribution in [3.8, 4) is 5.75 Å². The second kappa shape index (κ2) is 5.81. The van der Waals surface area contributed by atoms with E-state index in [-0.39, 0.29) is 11.7 Å². The summed E-state index contributed by atoms with van der Waals surface area (Å²) in [5.74, 6) is -0.00236. The zero-order valence-electron chi connectivity index (χ0n) is 14.7. The average Bonchev–Trinajstić information content (AvgIpc) is 3.03. The zero-order chi connectivity index (χ0) is 18.6. The van der Waals surface area contributed by atoms with Gasteiger partial charge in [-0.2, -0.15) is 0 Å². The highest BCUT2D eigenvalue weighted by atomic mass is 35.5. The van der Waals surface area contributed by atoms with Crippen LogP contribution in [0.5, 0.6) is 5.75 Å². The van der Waals surface area contributed by atoms with Crippen LogP contribution in [-0.2, 0) is 4.79 Å². The molecule has 2 N–H and O–H groups in total. The van der Waals surface area contributed by atoms with Gasteiger partial charge in [0.1, 0.15) is 10.9 Å². The van der Waals surface area contributed by atoms with Crippen molar-refractivity contribution >= 4 is 51.4 Å². The van der Waals surface area contributed by atoms with Crippen LogP contribution in [0.2, 0.25) is 5.15 Å². The Morgan fingerprint density at radius 1 is 1.19 bits per heavy atom. The molecule has 0 fully saturated rings. The highest BCUT2D eigenvalue weighted by molar-refractivity contribution is 6.38. The van der Waals surface area contributed by atoms with Gasteiger partial charge in [-0.1, -0.05) is 11.6 Å². The van der Waals surface area contributed by atoms with Crippen molar-refractivity contribution in [3.05, 3.63) is 52.7 Å². The number of likely N-dealkylation sites (N-methyl/N-ethyl adjacent to an activating group) is 1. The molecule has 1 aliphatic heterocycles. The molecule has 0 saturated heterocycles.